The number of amides is 2. The summed E-state index contributed by atoms with van der Waals surface area (Å²) in [4.78, 5) is 35.6. The Morgan fingerprint density at radius 3 is 2.38 bits per heavy atom. The van der Waals surface area contributed by atoms with Gasteiger partial charge in [0.2, 0.25) is 0 Å². The van der Waals surface area contributed by atoms with Gasteiger partial charge in [-0.25, -0.2) is 0 Å². The molecule has 2 aromatic carbocycles. The van der Waals surface area contributed by atoms with E-state index in [1.165, 1.54) is 0 Å². The lowest BCUT2D eigenvalue weighted by atomic mass is 10.0. The number of carbonyl (C=O) groups is 3. The molecule has 0 radical (unpaired) electrons. The molecule has 29 heavy (non-hydrogen) atoms. The highest BCUT2D eigenvalue weighted by atomic mass is 16.5. The summed E-state index contributed by atoms with van der Waals surface area (Å²) < 4.78 is 10.3. The Morgan fingerprint density at radius 2 is 1.69 bits per heavy atom. The maximum absolute atomic E-state index is 12.2. The maximum Gasteiger partial charge on any atom is 0.325 e. The molecule has 2 aromatic rings. The average Bonchev–Trinajstić information content (AvgIpc) is 3.29. The Labute approximate surface area is 169 Å². The van der Waals surface area contributed by atoms with E-state index in [1.807, 2.05) is 42.5 Å². The molecule has 0 aromatic heterocycles. The fourth-order valence-electron chi connectivity index (χ4n) is 2.98. The molecule has 1 atom stereocenters. The van der Waals surface area contributed by atoms with E-state index in [2.05, 4.69) is 10.6 Å². The minimum atomic E-state index is -0.675. The number of rotatable bonds is 8. The van der Waals surface area contributed by atoms with Crippen molar-refractivity contribution in [3.8, 4) is 11.1 Å². The molecule has 3 rings (SSSR count). The van der Waals surface area contributed by atoms with Gasteiger partial charge in [0.15, 0.2) is 6.61 Å². The second-order valence-electron chi connectivity index (χ2n) is 6.73. The lowest BCUT2D eigenvalue weighted by Gasteiger charge is -2.11. The molecule has 7 nitrogen and oxygen atoms in total. The number of esters is 1. The van der Waals surface area contributed by atoms with Crippen LogP contribution in [0.1, 0.15) is 23.2 Å². The van der Waals surface area contributed by atoms with Crippen molar-refractivity contribution < 1.29 is 23.9 Å². The second-order valence-corrected chi connectivity index (χ2v) is 6.73. The number of benzene rings is 2. The zero-order valence-electron chi connectivity index (χ0n) is 16.1. The molecule has 152 valence electrons. The van der Waals surface area contributed by atoms with Crippen molar-refractivity contribution in [2.45, 2.75) is 18.9 Å². The van der Waals surface area contributed by atoms with Gasteiger partial charge in [-0.05, 0) is 36.1 Å². The van der Waals surface area contributed by atoms with Crippen LogP contribution in [0.5, 0.6) is 0 Å². The fourth-order valence-corrected chi connectivity index (χ4v) is 2.98. The molecular weight excluding hydrogens is 372 g/mol. The predicted octanol–water partition coefficient (Wildman–Crippen LogP) is 1.92. The molecule has 1 saturated heterocycles. The van der Waals surface area contributed by atoms with Gasteiger partial charge in [-0.2, -0.15) is 0 Å². The third kappa shape index (κ3) is 6.43. The molecule has 0 saturated carbocycles. The van der Waals surface area contributed by atoms with Gasteiger partial charge in [0, 0.05) is 18.7 Å². The third-order valence-corrected chi connectivity index (χ3v) is 4.56. The Balaban J connectivity index is 1.37. The largest absolute Gasteiger partial charge is 0.454 e. The van der Waals surface area contributed by atoms with E-state index in [9.17, 15) is 14.4 Å². The first-order valence-corrected chi connectivity index (χ1v) is 9.59. The Kier molecular flexibility index (Phi) is 7.35. The number of ether oxygens (including phenoxy) is 2. The standard InChI is InChI=1S/C22H24N2O5/c25-20(23-13-19-7-4-12-28-19)15-29-21(26)14-24-22(27)18-10-8-17(9-11-18)16-5-2-1-3-6-16/h1-3,5-6,8-11,19H,4,7,12-15H2,(H,23,25)(H,24,27)/t19-/m0/s1. The molecule has 1 aliphatic heterocycles. The van der Waals surface area contributed by atoms with E-state index in [-0.39, 0.29) is 25.2 Å². The van der Waals surface area contributed by atoms with Crippen LogP contribution in [0, 0.1) is 0 Å². The van der Waals surface area contributed by atoms with Crippen LogP contribution in [0.25, 0.3) is 11.1 Å². The molecule has 0 aliphatic carbocycles. The van der Waals surface area contributed by atoms with Crippen LogP contribution in [0.2, 0.25) is 0 Å². The van der Waals surface area contributed by atoms with Crippen LogP contribution in [-0.2, 0) is 19.1 Å². The monoisotopic (exact) mass is 396 g/mol. The molecule has 2 amide bonds. The molecule has 1 fully saturated rings. The Bertz CT molecular complexity index is 830. The highest BCUT2D eigenvalue weighted by molar-refractivity contribution is 5.96. The van der Waals surface area contributed by atoms with Crippen molar-refractivity contribution >= 4 is 17.8 Å². The summed E-state index contributed by atoms with van der Waals surface area (Å²) in [6, 6.07) is 16.9. The zero-order valence-corrected chi connectivity index (χ0v) is 16.1. The van der Waals surface area contributed by atoms with Crippen LogP contribution < -0.4 is 10.6 Å². The zero-order chi connectivity index (χ0) is 20.5. The summed E-state index contributed by atoms with van der Waals surface area (Å²) in [6.45, 7) is 0.432. The molecule has 1 heterocycles. The van der Waals surface area contributed by atoms with Gasteiger partial charge in [-0.1, -0.05) is 42.5 Å². The number of hydrogen-bond acceptors (Lipinski definition) is 5. The Morgan fingerprint density at radius 1 is 0.966 bits per heavy atom. The lowest BCUT2D eigenvalue weighted by Crippen LogP contribution is -2.36. The van der Waals surface area contributed by atoms with E-state index in [0.717, 1.165) is 24.0 Å². The minimum Gasteiger partial charge on any atom is -0.454 e. The summed E-state index contributed by atoms with van der Waals surface area (Å²) in [5.74, 6) is -1.45. The topological polar surface area (TPSA) is 93.7 Å². The van der Waals surface area contributed by atoms with Crippen LogP contribution in [0.15, 0.2) is 54.6 Å². The van der Waals surface area contributed by atoms with Gasteiger partial charge in [0.1, 0.15) is 6.54 Å². The van der Waals surface area contributed by atoms with Crippen molar-refractivity contribution in [2.75, 3.05) is 26.3 Å². The molecule has 2 N–H and O–H groups in total. The molecule has 1 aliphatic rings. The van der Waals surface area contributed by atoms with Gasteiger partial charge >= 0.3 is 5.97 Å². The number of nitrogens with one attached hydrogen (secondary N) is 2. The van der Waals surface area contributed by atoms with Gasteiger partial charge in [-0.3, -0.25) is 14.4 Å². The first-order chi connectivity index (χ1) is 14.1. The summed E-state index contributed by atoms with van der Waals surface area (Å²) >= 11 is 0. The minimum absolute atomic E-state index is 0.0298. The van der Waals surface area contributed by atoms with E-state index < -0.39 is 11.9 Å². The van der Waals surface area contributed by atoms with Crippen molar-refractivity contribution in [3.63, 3.8) is 0 Å². The quantitative estimate of drug-likeness (QED) is 0.665. The molecular formula is C22H24N2O5. The highest BCUT2D eigenvalue weighted by Gasteiger charge is 2.17. The molecule has 0 unspecified atom stereocenters. The van der Waals surface area contributed by atoms with Crippen molar-refractivity contribution in [3.05, 3.63) is 60.2 Å². The highest BCUT2D eigenvalue weighted by Crippen LogP contribution is 2.19. The second kappa shape index (κ2) is 10.4. The van der Waals surface area contributed by atoms with Crippen molar-refractivity contribution in [1.29, 1.82) is 0 Å². The first-order valence-electron chi connectivity index (χ1n) is 9.59. The molecule has 0 bridgehead atoms. The number of carbonyl (C=O) groups excluding carboxylic acids is 3. The summed E-state index contributed by atoms with van der Waals surface area (Å²) in [5.41, 5.74) is 2.49. The van der Waals surface area contributed by atoms with E-state index in [0.29, 0.717) is 18.7 Å². The van der Waals surface area contributed by atoms with Gasteiger partial charge in [-0.15, -0.1) is 0 Å². The van der Waals surface area contributed by atoms with Gasteiger partial charge < -0.3 is 20.1 Å². The molecule has 0 spiro atoms. The van der Waals surface area contributed by atoms with Crippen LogP contribution in [-0.4, -0.2) is 50.2 Å². The van der Waals surface area contributed by atoms with Gasteiger partial charge in [0.25, 0.3) is 11.8 Å². The van der Waals surface area contributed by atoms with Crippen LogP contribution in [0.3, 0.4) is 0 Å². The van der Waals surface area contributed by atoms with Crippen LogP contribution >= 0.6 is 0 Å². The molecule has 7 heteroatoms. The third-order valence-electron chi connectivity index (χ3n) is 4.56. The lowest BCUT2D eigenvalue weighted by molar-refractivity contribution is -0.147. The van der Waals surface area contributed by atoms with Gasteiger partial charge in [0.05, 0.1) is 6.10 Å². The summed E-state index contributed by atoms with van der Waals surface area (Å²) in [7, 11) is 0. The smallest absolute Gasteiger partial charge is 0.325 e. The summed E-state index contributed by atoms with van der Waals surface area (Å²) in [5, 5.41) is 5.15. The first kappa shape index (κ1) is 20.5. The van der Waals surface area contributed by atoms with Crippen molar-refractivity contribution in [1.82, 2.24) is 10.6 Å². The number of hydrogen-bond donors (Lipinski definition) is 2. The average molecular weight is 396 g/mol. The Hall–Kier alpha value is -3.19. The predicted molar refractivity (Wildman–Crippen MR) is 107 cm³/mol. The van der Waals surface area contributed by atoms with E-state index in [4.69, 9.17) is 9.47 Å². The summed E-state index contributed by atoms with van der Waals surface area (Å²) in [6.07, 6.45) is 1.94. The van der Waals surface area contributed by atoms with E-state index in [1.54, 1.807) is 12.1 Å². The SMILES string of the molecule is O=C(COC(=O)CNC(=O)c1ccc(-c2ccccc2)cc1)NC[C@@H]1CCCO1. The maximum atomic E-state index is 12.2. The fraction of sp³-hybridized carbons (Fsp3) is 0.318. The van der Waals surface area contributed by atoms with Crippen LogP contribution in [0.4, 0.5) is 0 Å². The van der Waals surface area contributed by atoms with E-state index >= 15 is 0 Å². The van der Waals surface area contributed by atoms with Crippen molar-refractivity contribution in [2.24, 2.45) is 0 Å². The normalized spacial score (nSPS) is 15.5.